The summed E-state index contributed by atoms with van der Waals surface area (Å²) in [5, 5.41) is 4.35. The number of carbonyl (C=O) groups is 2. The van der Waals surface area contributed by atoms with Gasteiger partial charge in [-0.15, -0.1) is 0 Å². The van der Waals surface area contributed by atoms with E-state index in [1.165, 1.54) is 60.1 Å². The lowest BCUT2D eigenvalue weighted by Gasteiger charge is -2.27. The Morgan fingerprint density at radius 3 is 1.58 bits per heavy atom. The van der Waals surface area contributed by atoms with E-state index in [1.54, 1.807) is 0 Å². The second-order valence-corrected chi connectivity index (χ2v) is 13.4. The van der Waals surface area contributed by atoms with Crippen LogP contribution in [0.1, 0.15) is 54.1 Å². The van der Waals surface area contributed by atoms with E-state index < -0.39 is 0 Å². The van der Waals surface area contributed by atoms with Crippen LogP contribution >= 0.6 is 0 Å². The molecular formula is C44H36N2O2. The molecule has 0 unspecified atom stereocenters. The molecule has 1 aliphatic heterocycles. The Hall–Kier alpha value is -5.48. The highest BCUT2D eigenvalue weighted by atomic mass is 16.2. The lowest BCUT2D eigenvalue weighted by molar-refractivity contribution is 0.0612. The smallest absolute Gasteiger partial charge is 0.261 e. The van der Waals surface area contributed by atoms with Crippen LogP contribution in [0.3, 0.4) is 0 Å². The Labute approximate surface area is 280 Å². The maximum atomic E-state index is 13.6. The van der Waals surface area contributed by atoms with Crippen LogP contribution in [0.2, 0.25) is 0 Å². The number of imide groups is 1. The van der Waals surface area contributed by atoms with Gasteiger partial charge in [0.15, 0.2) is 0 Å². The van der Waals surface area contributed by atoms with E-state index >= 15 is 0 Å². The van der Waals surface area contributed by atoms with Crippen molar-refractivity contribution in [1.29, 1.82) is 0 Å². The number of para-hydroxylation sites is 2. The zero-order valence-electron chi connectivity index (χ0n) is 26.9. The molecule has 4 bridgehead atoms. The van der Waals surface area contributed by atoms with Crippen molar-refractivity contribution >= 4 is 44.4 Å². The van der Waals surface area contributed by atoms with E-state index in [0.29, 0.717) is 24.1 Å². The minimum Gasteiger partial charge on any atom is -0.340 e. The van der Waals surface area contributed by atoms with Gasteiger partial charge in [-0.05, 0) is 102 Å². The van der Waals surface area contributed by atoms with Crippen molar-refractivity contribution in [2.75, 3.05) is 6.54 Å². The number of hydrogen-bond acceptors (Lipinski definition) is 2. The molecule has 1 aromatic heterocycles. The third-order valence-electron chi connectivity index (χ3n) is 10.7. The zero-order chi connectivity index (χ0) is 32.2. The van der Waals surface area contributed by atoms with Crippen LogP contribution in [0.25, 0.3) is 32.6 Å². The lowest BCUT2D eigenvalue weighted by Crippen LogP contribution is -2.41. The molecule has 0 radical (unpaired) electrons. The van der Waals surface area contributed by atoms with Gasteiger partial charge in [-0.2, -0.15) is 0 Å². The van der Waals surface area contributed by atoms with Gasteiger partial charge in [-0.1, -0.05) is 97.1 Å². The fraction of sp³-hybridized carbons (Fsp3) is 0.182. The van der Waals surface area contributed by atoms with Crippen molar-refractivity contribution in [3.05, 3.63) is 166 Å². The number of aryl methyl sites for hydroxylation is 6. The lowest BCUT2D eigenvalue weighted by atomic mass is 9.89. The third-order valence-corrected chi connectivity index (χ3v) is 10.7. The number of hydrogen-bond donors (Lipinski definition) is 0. The second-order valence-electron chi connectivity index (χ2n) is 13.4. The molecule has 0 fully saturated rings. The minimum atomic E-state index is -0.190. The molecular weight excluding hydrogens is 588 g/mol. The first-order valence-corrected chi connectivity index (χ1v) is 17.2. The molecule has 48 heavy (non-hydrogen) atoms. The molecule has 2 heterocycles. The highest BCUT2D eigenvalue weighted by Crippen LogP contribution is 2.32. The molecule has 4 aliphatic carbocycles. The average Bonchev–Trinajstić information content (AvgIpc) is 3.44. The Balaban J connectivity index is 0.958. The van der Waals surface area contributed by atoms with Gasteiger partial charge in [0, 0.05) is 51.4 Å². The molecule has 12 rings (SSSR count). The number of fused-ring (bicyclic) bond motifs is 3. The minimum absolute atomic E-state index is 0.190. The van der Waals surface area contributed by atoms with E-state index in [0.717, 1.165) is 49.4 Å². The van der Waals surface area contributed by atoms with Crippen LogP contribution < -0.4 is 0 Å². The van der Waals surface area contributed by atoms with E-state index in [1.807, 2.05) is 36.4 Å². The van der Waals surface area contributed by atoms with Crippen molar-refractivity contribution in [3.63, 3.8) is 0 Å². The van der Waals surface area contributed by atoms with Crippen molar-refractivity contribution in [1.82, 2.24) is 9.47 Å². The third kappa shape index (κ3) is 4.83. The summed E-state index contributed by atoms with van der Waals surface area (Å²) in [6.45, 7) is 1.31. The largest absolute Gasteiger partial charge is 0.340 e. The molecule has 0 saturated carbocycles. The van der Waals surface area contributed by atoms with Crippen LogP contribution in [0.4, 0.5) is 0 Å². The molecule has 2 amide bonds. The Morgan fingerprint density at radius 2 is 1.02 bits per heavy atom. The summed E-state index contributed by atoms with van der Waals surface area (Å²) in [5.41, 5.74) is 11.9. The van der Waals surface area contributed by atoms with E-state index in [4.69, 9.17) is 0 Å². The van der Waals surface area contributed by atoms with Gasteiger partial charge < -0.3 is 4.57 Å². The van der Waals surface area contributed by atoms with E-state index in [2.05, 4.69) is 89.5 Å². The van der Waals surface area contributed by atoms with Crippen molar-refractivity contribution < 1.29 is 9.59 Å². The first kappa shape index (κ1) is 28.7. The topological polar surface area (TPSA) is 42.3 Å². The van der Waals surface area contributed by atoms with Crippen LogP contribution in [0.15, 0.2) is 121 Å². The summed E-state index contributed by atoms with van der Waals surface area (Å²) in [5.74, 6) is -0.381. The van der Waals surface area contributed by atoms with Crippen molar-refractivity contribution in [3.8, 4) is 0 Å². The number of rotatable bonds is 6. The quantitative estimate of drug-likeness (QED) is 0.173. The summed E-state index contributed by atoms with van der Waals surface area (Å²) in [7, 11) is 0. The fourth-order valence-electron chi connectivity index (χ4n) is 8.17. The first-order valence-electron chi connectivity index (χ1n) is 17.2. The Bertz CT molecular complexity index is 2310. The maximum Gasteiger partial charge on any atom is 0.261 e. The number of carbonyl (C=O) groups excluding carboxylic acids is 2. The summed E-state index contributed by atoms with van der Waals surface area (Å²) in [4.78, 5) is 28.6. The second kappa shape index (κ2) is 11.6. The predicted octanol–water partition coefficient (Wildman–Crippen LogP) is 8.91. The highest BCUT2D eigenvalue weighted by molar-refractivity contribution is 6.25. The zero-order valence-corrected chi connectivity index (χ0v) is 26.9. The monoisotopic (exact) mass is 624 g/mol. The van der Waals surface area contributed by atoms with Gasteiger partial charge in [0.05, 0.1) is 0 Å². The number of aromatic nitrogens is 1. The summed E-state index contributed by atoms with van der Waals surface area (Å²) in [6.07, 6.45) is 5.44. The molecule has 4 heteroatoms. The van der Waals surface area contributed by atoms with Crippen molar-refractivity contribution in [2.45, 2.75) is 45.1 Å². The highest BCUT2D eigenvalue weighted by Gasteiger charge is 2.32. The SMILES string of the molecule is O=C1c2cccc3cccc(c23)C(=O)N1CCc1cc2ccc1CCc1ccc(c(CCn3c4ccccc4c4ccccc43)c1)CC2. The normalized spacial score (nSPS) is 14.3. The van der Waals surface area contributed by atoms with E-state index in [-0.39, 0.29) is 11.8 Å². The number of benzene rings is 6. The van der Waals surface area contributed by atoms with Gasteiger partial charge >= 0.3 is 0 Å². The number of amides is 2. The standard InChI is InChI=1S/C44H36N2O2/c47-43-38-11-5-7-33-8-6-12-39(42(33)38)44(48)46(43)26-24-35-28-30-16-20-31-19-15-29(17-21-32(35)22-18-30)27-34(31)23-25-45-40-13-3-1-9-36(40)37-10-2-4-14-41(37)45/h1-15,18-19,22,27-28H,16-17,20-21,23-26H2. The molecule has 234 valence electrons. The fourth-order valence-corrected chi connectivity index (χ4v) is 8.17. The molecule has 0 atom stereocenters. The molecule has 0 N–H and O–H groups in total. The van der Waals surface area contributed by atoms with Crippen LogP contribution in [-0.4, -0.2) is 27.8 Å². The van der Waals surface area contributed by atoms with Crippen molar-refractivity contribution in [2.24, 2.45) is 0 Å². The number of nitrogens with zero attached hydrogens (tertiary/aromatic N) is 2. The first-order chi connectivity index (χ1) is 23.6. The summed E-state index contributed by atoms with van der Waals surface area (Å²) >= 11 is 0. The molecule has 4 nitrogen and oxygen atoms in total. The van der Waals surface area contributed by atoms with Crippen LogP contribution in [0, 0.1) is 0 Å². The summed E-state index contributed by atoms with van der Waals surface area (Å²) in [6, 6.07) is 42.9. The molecule has 5 aliphatic rings. The molecule has 0 spiro atoms. The molecule has 0 saturated heterocycles. The Morgan fingerprint density at radius 1 is 0.500 bits per heavy atom. The van der Waals surface area contributed by atoms with Gasteiger partial charge in [0.2, 0.25) is 0 Å². The molecule has 7 aromatic rings. The molecule has 6 aromatic carbocycles. The van der Waals surface area contributed by atoms with Gasteiger partial charge in [-0.25, -0.2) is 0 Å². The average molecular weight is 625 g/mol. The van der Waals surface area contributed by atoms with Gasteiger partial charge in [0.1, 0.15) is 0 Å². The van der Waals surface area contributed by atoms with Gasteiger partial charge in [-0.3, -0.25) is 14.5 Å². The van der Waals surface area contributed by atoms with Gasteiger partial charge in [0.25, 0.3) is 11.8 Å². The van der Waals surface area contributed by atoms with Crippen LogP contribution in [0.5, 0.6) is 0 Å². The van der Waals surface area contributed by atoms with E-state index in [9.17, 15) is 9.59 Å². The Kier molecular flexibility index (Phi) is 6.97. The summed E-state index contributed by atoms with van der Waals surface area (Å²) < 4.78 is 2.49. The maximum absolute atomic E-state index is 13.6. The van der Waals surface area contributed by atoms with Crippen LogP contribution in [-0.2, 0) is 45.1 Å². The predicted molar refractivity (Wildman–Crippen MR) is 194 cm³/mol.